The zero-order chi connectivity index (χ0) is 24.6. The smallest absolute Gasteiger partial charge is 0.421 e. The molecule has 1 aliphatic heterocycles. The van der Waals surface area contributed by atoms with Crippen LogP contribution in [0.5, 0.6) is 11.6 Å². The molecule has 0 bridgehead atoms. The summed E-state index contributed by atoms with van der Waals surface area (Å²) in [4.78, 5) is 31.4. The molecular formula is C22H20F3N5O4. The molecule has 0 aliphatic carbocycles. The van der Waals surface area contributed by atoms with Gasteiger partial charge in [-0.2, -0.15) is 23.3 Å². The maximum absolute atomic E-state index is 13.3. The van der Waals surface area contributed by atoms with Crippen molar-refractivity contribution in [1.29, 1.82) is 0 Å². The molecule has 1 aliphatic rings. The van der Waals surface area contributed by atoms with Gasteiger partial charge in [-0.3, -0.25) is 19.2 Å². The molecule has 0 radical (unpaired) electrons. The van der Waals surface area contributed by atoms with E-state index in [1.807, 2.05) is 0 Å². The van der Waals surface area contributed by atoms with Crippen LogP contribution in [0.25, 0.3) is 0 Å². The second-order valence-electron chi connectivity index (χ2n) is 7.52. The van der Waals surface area contributed by atoms with E-state index in [9.17, 15) is 22.8 Å². The molecule has 2 amide bonds. The van der Waals surface area contributed by atoms with Crippen molar-refractivity contribution in [2.24, 2.45) is 0 Å². The first-order valence-electron chi connectivity index (χ1n) is 10.1. The highest BCUT2D eigenvalue weighted by Gasteiger charge is 2.38. The van der Waals surface area contributed by atoms with E-state index in [2.05, 4.69) is 15.4 Å². The number of carbonyl (C=O) groups is 2. The first-order chi connectivity index (χ1) is 16.1. The molecule has 1 aromatic carbocycles. The zero-order valence-corrected chi connectivity index (χ0v) is 18.4. The van der Waals surface area contributed by atoms with E-state index in [4.69, 9.17) is 9.47 Å². The van der Waals surface area contributed by atoms with Crippen LogP contribution in [0.1, 0.15) is 39.4 Å². The van der Waals surface area contributed by atoms with Crippen molar-refractivity contribution >= 4 is 23.3 Å². The molecule has 0 spiro atoms. The van der Waals surface area contributed by atoms with Gasteiger partial charge in [0.05, 0.1) is 32.0 Å². The molecule has 1 N–H and O–H groups in total. The average Bonchev–Trinajstić information content (AvgIpc) is 3.27. The molecule has 0 saturated carbocycles. The maximum Gasteiger partial charge on any atom is 0.421 e. The molecule has 4 rings (SSSR count). The number of carbonyl (C=O) groups excluding carboxylic acids is 2. The summed E-state index contributed by atoms with van der Waals surface area (Å²) >= 11 is 0. The standard InChI is InChI=1S/C22H20F3N5O4/c1-12-11-29(17-9-8-16(22(23,24)25)20(28-17)34-3)21(32)18-15(10-26-30(12)18)19(31)27-13-4-6-14(33-2)7-5-13/h4-10,12H,11H2,1-3H3,(H,27,31). The van der Waals surface area contributed by atoms with Gasteiger partial charge in [0.15, 0.2) is 0 Å². The minimum absolute atomic E-state index is 0.00502. The van der Waals surface area contributed by atoms with Crippen LogP contribution in [0.15, 0.2) is 42.6 Å². The summed E-state index contributed by atoms with van der Waals surface area (Å²) in [7, 11) is 2.59. The monoisotopic (exact) mass is 475 g/mol. The molecule has 1 atom stereocenters. The summed E-state index contributed by atoms with van der Waals surface area (Å²) in [5.41, 5.74) is -0.546. The summed E-state index contributed by atoms with van der Waals surface area (Å²) in [6.45, 7) is 1.86. The van der Waals surface area contributed by atoms with Gasteiger partial charge in [0, 0.05) is 12.2 Å². The lowest BCUT2D eigenvalue weighted by Gasteiger charge is -2.31. The number of alkyl halides is 3. The van der Waals surface area contributed by atoms with Gasteiger partial charge in [0.2, 0.25) is 5.88 Å². The fourth-order valence-corrected chi connectivity index (χ4v) is 3.65. The van der Waals surface area contributed by atoms with E-state index in [0.29, 0.717) is 11.4 Å². The minimum Gasteiger partial charge on any atom is -0.497 e. The molecule has 0 fully saturated rings. The van der Waals surface area contributed by atoms with Gasteiger partial charge in [0.1, 0.15) is 22.8 Å². The molecule has 2 aromatic heterocycles. The highest BCUT2D eigenvalue weighted by molar-refractivity contribution is 6.15. The van der Waals surface area contributed by atoms with E-state index in [1.165, 1.54) is 22.9 Å². The number of halogens is 3. The zero-order valence-electron chi connectivity index (χ0n) is 18.4. The summed E-state index contributed by atoms with van der Waals surface area (Å²) in [5, 5.41) is 6.88. The molecule has 9 nitrogen and oxygen atoms in total. The third-order valence-corrected chi connectivity index (χ3v) is 5.32. The van der Waals surface area contributed by atoms with Gasteiger partial charge in [-0.1, -0.05) is 0 Å². The SMILES string of the molecule is COc1ccc(NC(=O)c2cnn3c2C(=O)N(c2ccc(C(F)(F)F)c(OC)n2)CC3C)cc1. The number of nitrogens with one attached hydrogen (secondary N) is 1. The number of pyridine rings is 1. The van der Waals surface area contributed by atoms with E-state index in [1.54, 1.807) is 31.2 Å². The lowest BCUT2D eigenvalue weighted by atomic mass is 10.1. The normalized spacial score (nSPS) is 15.6. The predicted molar refractivity (Wildman–Crippen MR) is 115 cm³/mol. The fourth-order valence-electron chi connectivity index (χ4n) is 3.65. The van der Waals surface area contributed by atoms with E-state index >= 15 is 0 Å². The van der Waals surface area contributed by atoms with Gasteiger partial charge >= 0.3 is 6.18 Å². The molecule has 1 unspecified atom stereocenters. The number of benzene rings is 1. The van der Waals surface area contributed by atoms with Gasteiger partial charge in [-0.25, -0.2) is 0 Å². The Morgan fingerprint density at radius 1 is 1.12 bits per heavy atom. The second-order valence-corrected chi connectivity index (χ2v) is 7.52. The Morgan fingerprint density at radius 3 is 2.44 bits per heavy atom. The van der Waals surface area contributed by atoms with Crippen LogP contribution in [0.4, 0.5) is 24.7 Å². The van der Waals surface area contributed by atoms with Crippen LogP contribution < -0.4 is 19.7 Å². The van der Waals surface area contributed by atoms with Gasteiger partial charge < -0.3 is 14.8 Å². The van der Waals surface area contributed by atoms with Crippen LogP contribution in [-0.2, 0) is 6.18 Å². The van der Waals surface area contributed by atoms with Crippen molar-refractivity contribution < 1.29 is 32.2 Å². The van der Waals surface area contributed by atoms with E-state index in [-0.39, 0.29) is 29.7 Å². The quantitative estimate of drug-likeness (QED) is 0.603. The summed E-state index contributed by atoms with van der Waals surface area (Å²) in [6, 6.07) is 8.15. The number of hydrogen-bond acceptors (Lipinski definition) is 6. The summed E-state index contributed by atoms with van der Waals surface area (Å²) in [6.07, 6.45) is -3.38. The molecule has 0 saturated heterocycles. The number of hydrogen-bond donors (Lipinski definition) is 1. The Kier molecular flexibility index (Phi) is 5.90. The highest BCUT2D eigenvalue weighted by Crippen LogP contribution is 2.37. The number of rotatable bonds is 5. The maximum atomic E-state index is 13.3. The minimum atomic E-state index is -4.67. The first kappa shape index (κ1) is 23.1. The highest BCUT2D eigenvalue weighted by atomic mass is 19.4. The van der Waals surface area contributed by atoms with Gasteiger partial charge in [-0.05, 0) is 43.3 Å². The van der Waals surface area contributed by atoms with Crippen LogP contribution >= 0.6 is 0 Å². The molecule has 3 heterocycles. The van der Waals surface area contributed by atoms with Crippen LogP contribution in [-0.4, -0.2) is 47.3 Å². The Labute approximate surface area is 192 Å². The number of amides is 2. The fraction of sp³-hybridized carbons (Fsp3) is 0.273. The van der Waals surface area contributed by atoms with Crippen LogP contribution in [0.3, 0.4) is 0 Å². The van der Waals surface area contributed by atoms with Crippen molar-refractivity contribution in [1.82, 2.24) is 14.8 Å². The molecule has 3 aromatic rings. The number of anilines is 2. The average molecular weight is 475 g/mol. The Balaban J connectivity index is 1.66. The third-order valence-electron chi connectivity index (χ3n) is 5.32. The number of nitrogens with zero attached hydrogens (tertiary/aromatic N) is 4. The Hall–Kier alpha value is -4.09. The van der Waals surface area contributed by atoms with Crippen molar-refractivity contribution in [3.63, 3.8) is 0 Å². The molecular weight excluding hydrogens is 455 g/mol. The van der Waals surface area contributed by atoms with E-state index < -0.39 is 29.4 Å². The summed E-state index contributed by atoms with van der Waals surface area (Å²) in [5.74, 6) is -1.26. The lowest BCUT2D eigenvalue weighted by molar-refractivity contribution is -0.139. The molecule has 12 heteroatoms. The van der Waals surface area contributed by atoms with Gasteiger partial charge in [-0.15, -0.1) is 0 Å². The van der Waals surface area contributed by atoms with Gasteiger partial charge in [0.25, 0.3) is 11.8 Å². The van der Waals surface area contributed by atoms with Crippen molar-refractivity contribution in [2.75, 3.05) is 31.0 Å². The summed E-state index contributed by atoms with van der Waals surface area (Å²) < 4.78 is 50.9. The largest absolute Gasteiger partial charge is 0.497 e. The Bertz CT molecular complexity index is 1240. The number of fused-ring (bicyclic) bond motifs is 1. The molecule has 178 valence electrons. The second kappa shape index (κ2) is 8.69. The van der Waals surface area contributed by atoms with Crippen LogP contribution in [0.2, 0.25) is 0 Å². The van der Waals surface area contributed by atoms with Crippen LogP contribution in [0, 0.1) is 0 Å². The predicted octanol–water partition coefficient (Wildman–Crippen LogP) is 3.79. The Morgan fingerprint density at radius 2 is 1.82 bits per heavy atom. The number of ether oxygens (including phenoxy) is 2. The topological polar surface area (TPSA) is 98.6 Å². The third kappa shape index (κ3) is 4.14. The van der Waals surface area contributed by atoms with E-state index in [0.717, 1.165) is 19.2 Å². The van der Waals surface area contributed by atoms with Crippen molar-refractivity contribution in [2.45, 2.75) is 19.1 Å². The lowest BCUT2D eigenvalue weighted by Crippen LogP contribution is -2.44. The molecule has 34 heavy (non-hydrogen) atoms. The first-order valence-corrected chi connectivity index (χ1v) is 10.1. The number of aromatic nitrogens is 3. The number of methoxy groups -OCH3 is 2. The van der Waals surface area contributed by atoms with Crippen molar-refractivity contribution in [3.05, 3.63) is 59.4 Å². The van der Waals surface area contributed by atoms with Crippen molar-refractivity contribution in [3.8, 4) is 11.6 Å².